The van der Waals surface area contributed by atoms with E-state index in [4.69, 9.17) is 5.11 Å². The van der Waals surface area contributed by atoms with Gasteiger partial charge in [-0.25, -0.2) is 14.4 Å². The third-order valence-corrected chi connectivity index (χ3v) is 1.61. The lowest BCUT2D eigenvalue weighted by molar-refractivity contribution is -0.315. The van der Waals surface area contributed by atoms with Crippen LogP contribution < -0.4 is 0 Å². The minimum Gasteiger partial charge on any atom is -0.394 e. The Kier molecular flexibility index (Phi) is 8.58. The van der Waals surface area contributed by atoms with Crippen molar-refractivity contribution < 1.29 is 33.9 Å². The SMILES string of the molecule is O=C(CS)OC(=O)N(OCCO)OC(=O)CS. The molecule has 0 saturated heterocycles. The zero-order valence-electron chi connectivity index (χ0n) is 8.57. The van der Waals surface area contributed by atoms with Crippen molar-refractivity contribution in [3.05, 3.63) is 0 Å². The molecule has 0 aromatic heterocycles. The Morgan fingerprint density at radius 2 is 1.71 bits per heavy atom. The molecule has 0 aliphatic rings. The van der Waals surface area contributed by atoms with Crippen molar-refractivity contribution in [2.24, 2.45) is 0 Å². The Morgan fingerprint density at radius 3 is 2.18 bits per heavy atom. The molecule has 98 valence electrons. The van der Waals surface area contributed by atoms with Crippen LogP contribution in [0.3, 0.4) is 0 Å². The molecular formula is C7H11NO7S2. The van der Waals surface area contributed by atoms with Crippen LogP contribution >= 0.6 is 25.3 Å². The first-order chi connectivity index (χ1) is 8.04. The smallest absolute Gasteiger partial charge is 0.394 e. The Labute approximate surface area is 108 Å². The van der Waals surface area contributed by atoms with Gasteiger partial charge in [-0.15, -0.1) is 0 Å². The van der Waals surface area contributed by atoms with E-state index in [1.54, 1.807) is 0 Å². The summed E-state index contributed by atoms with van der Waals surface area (Å²) in [5, 5.41) is 8.53. The van der Waals surface area contributed by atoms with Gasteiger partial charge in [-0.1, -0.05) is 0 Å². The average Bonchev–Trinajstić information content (AvgIpc) is 2.33. The Balaban J connectivity index is 4.38. The molecule has 0 rings (SSSR count). The number of nitrogens with zero attached hydrogens (tertiary/aromatic N) is 1. The van der Waals surface area contributed by atoms with E-state index in [1.807, 2.05) is 0 Å². The number of rotatable bonds is 5. The van der Waals surface area contributed by atoms with E-state index >= 15 is 0 Å². The van der Waals surface area contributed by atoms with Gasteiger partial charge < -0.3 is 14.7 Å². The van der Waals surface area contributed by atoms with Crippen LogP contribution in [0.2, 0.25) is 0 Å². The molecule has 0 spiro atoms. The predicted octanol–water partition coefficient (Wildman–Crippen LogP) is -0.807. The highest BCUT2D eigenvalue weighted by Crippen LogP contribution is 2.00. The highest BCUT2D eigenvalue weighted by Gasteiger charge is 2.23. The molecule has 0 aromatic rings. The second kappa shape index (κ2) is 9.10. The largest absolute Gasteiger partial charge is 0.477 e. The molecule has 1 N–H and O–H groups in total. The maximum absolute atomic E-state index is 11.2. The van der Waals surface area contributed by atoms with E-state index < -0.39 is 24.6 Å². The van der Waals surface area contributed by atoms with Crippen molar-refractivity contribution >= 4 is 43.3 Å². The van der Waals surface area contributed by atoms with E-state index in [2.05, 4.69) is 39.7 Å². The van der Waals surface area contributed by atoms with Gasteiger partial charge in [-0.2, -0.15) is 25.3 Å². The number of hydrogen-bond donors (Lipinski definition) is 3. The molecule has 0 heterocycles. The van der Waals surface area contributed by atoms with Gasteiger partial charge in [0.25, 0.3) is 0 Å². The summed E-state index contributed by atoms with van der Waals surface area (Å²) >= 11 is 7.17. The second-order valence-corrected chi connectivity index (χ2v) is 2.97. The third kappa shape index (κ3) is 7.05. The van der Waals surface area contributed by atoms with E-state index in [1.165, 1.54) is 0 Å². The van der Waals surface area contributed by atoms with Gasteiger partial charge in [-0.05, 0) is 0 Å². The van der Waals surface area contributed by atoms with Crippen molar-refractivity contribution in [1.29, 1.82) is 0 Å². The number of carbonyl (C=O) groups excluding carboxylic acids is 3. The fourth-order valence-corrected chi connectivity index (χ4v) is 0.651. The zero-order chi connectivity index (χ0) is 13.3. The Bertz CT molecular complexity index is 285. The van der Waals surface area contributed by atoms with Crippen LogP contribution in [-0.2, 0) is 24.0 Å². The number of esters is 1. The summed E-state index contributed by atoms with van der Waals surface area (Å²) in [4.78, 5) is 41.7. The number of thiol groups is 2. The standard InChI is InChI=1S/C7H11NO7S2/c9-1-2-13-8(15-6(11)4-17)7(12)14-5(10)3-16/h9,16-17H,1-4H2. The van der Waals surface area contributed by atoms with Crippen molar-refractivity contribution in [3.8, 4) is 0 Å². The molecule has 0 aromatic carbocycles. The minimum atomic E-state index is -1.35. The maximum Gasteiger partial charge on any atom is 0.477 e. The lowest BCUT2D eigenvalue weighted by Crippen LogP contribution is -2.36. The summed E-state index contributed by atoms with van der Waals surface area (Å²) in [6.07, 6.45) is -1.35. The molecule has 0 atom stereocenters. The molecule has 0 radical (unpaired) electrons. The van der Waals surface area contributed by atoms with E-state index in [-0.39, 0.29) is 23.3 Å². The zero-order valence-corrected chi connectivity index (χ0v) is 10.4. The Morgan fingerprint density at radius 1 is 1.12 bits per heavy atom. The first-order valence-electron chi connectivity index (χ1n) is 4.26. The van der Waals surface area contributed by atoms with Crippen LogP contribution in [0, 0.1) is 0 Å². The van der Waals surface area contributed by atoms with Crippen LogP contribution in [0.5, 0.6) is 0 Å². The molecule has 10 heteroatoms. The second-order valence-electron chi connectivity index (χ2n) is 2.33. The lowest BCUT2D eigenvalue weighted by Gasteiger charge is -2.17. The Hall–Kier alpha value is -0.970. The third-order valence-electron chi connectivity index (χ3n) is 1.09. The number of aliphatic hydroxyl groups excluding tert-OH is 1. The van der Waals surface area contributed by atoms with Gasteiger partial charge in [0.1, 0.15) is 6.61 Å². The van der Waals surface area contributed by atoms with Crippen LogP contribution in [0.4, 0.5) is 4.79 Å². The number of hydroxylamine groups is 2. The highest BCUT2D eigenvalue weighted by atomic mass is 32.1. The van der Waals surface area contributed by atoms with Crippen LogP contribution in [-0.4, -0.2) is 53.1 Å². The summed E-state index contributed by atoms with van der Waals surface area (Å²) in [6, 6.07) is 0. The predicted molar refractivity (Wildman–Crippen MR) is 60.2 cm³/mol. The highest BCUT2D eigenvalue weighted by molar-refractivity contribution is 7.81. The van der Waals surface area contributed by atoms with Crippen LogP contribution in [0.15, 0.2) is 0 Å². The topological polar surface area (TPSA) is 102 Å². The quantitative estimate of drug-likeness (QED) is 0.263. The number of hydrogen-bond acceptors (Lipinski definition) is 9. The molecule has 0 saturated carbocycles. The molecule has 17 heavy (non-hydrogen) atoms. The fraction of sp³-hybridized carbons (Fsp3) is 0.571. The molecule has 0 unspecified atom stereocenters. The van der Waals surface area contributed by atoms with Crippen molar-refractivity contribution in [3.63, 3.8) is 0 Å². The number of amides is 1. The monoisotopic (exact) mass is 285 g/mol. The molecule has 0 bridgehead atoms. The van der Waals surface area contributed by atoms with Crippen molar-refractivity contribution in [2.75, 3.05) is 24.7 Å². The van der Waals surface area contributed by atoms with Gasteiger partial charge in [-0.3, -0.25) is 4.79 Å². The normalized spacial score (nSPS) is 9.59. The van der Waals surface area contributed by atoms with Gasteiger partial charge in [0, 0.05) is 5.23 Å². The number of aliphatic hydroxyl groups is 1. The molecule has 0 aliphatic heterocycles. The fourth-order valence-electron chi connectivity index (χ4n) is 0.528. The molecule has 1 amide bonds. The van der Waals surface area contributed by atoms with E-state index in [0.29, 0.717) is 0 Å². The first-order valence-corrected chi connectivity index (χ1v) is 5.52. The summed E-state index contributed by atoms with van der Waals surface area (Å²) < 4.78 is 4.17. The van der Waals surface area contributed by atoms with Gasteiger partial charge in [0.15, 0.2) is 0 Å². The molecule has 0 fully saturated rings. The molecular weight excluding hydrogens is 274 g/mol. The van der Waals surface area contributed by atoms with E-state index in [0.717, 1.165) is 0 Å². The first kappa shape index (κ1) is 16.0. The van der Waals surface area contributed by atoms with Crippen molar-refractivity contribution in [1.82, 2.24) is 5.23 Å². The maximum atomic E-state index is 11.2. The number of ether oxygens (including phenoxy) is 1. The lowest BCUT2D eigenvalue weighted by atomic mass is 10.8. The van der Waals surface area contributed by atoms with E-state index in [9.17, 15) is 14.4 Å². The van der Waals surface area contributed by atoms with Crippen LogP contribution in [0.1, 0.15) is 0 Å². The number of carbonyl (C=O) groups is 3. The summed E-state index contributed by atoms with van der Waals surface area (Å²) in [6.45, 7) is -0.757. The summed E-state index contributed by atoms with van der Waals surface area (Å²) in [5.41, 5.74) is 0. The summed E-state index contributed by atoms with van der Waals surface area (Å²) in [7, 11) is 0. The molecule has 0 aliphatic carbocycles. The van der Waals surface area contributed by atoms with Gasteiger partial charge >= 0.3 is 18.0 Å². The molecule has 8 nitrogen and oxygen atoms in total. The average molecular weight is 285 g/mol. The minimum absolute atomic E-state index is 0.0517. The van der Waals surface area contributed by atoms with Gasteiger partial charge in [0.05, 0.1) is 18.1 Å². The van der Waals surface area contributed by atoms with Crippen molar-refractivity contribution in [2.45, 2.75) is 0 Å². The van der Waals surface area contributed by atoms with Crippen LogP contribution in [0.25, 0.3) is 0 Å². The summed E-state index contributed by atoms with van der Waals surface area (Å²) in [5.74, 6) is -2.49. The van der Waals surface area contributed by atoms with Gasteiger partial charge in [0.2, 0.25) is 0 Å².